The number of benzene rings is 3. The Morgan fingerprint density at radius 3 is 2.03 bits per heavy atom. The lowest BCUT2D eigenvalue weighted by molar-refractivity contribution is -0.137. The van der Waals surface area contributed by atoms with Crippen molar-refractivity contribution in [1.82, 2.24) is 40.4 Å². The summed E-state index contributed by atoms with van der Waals surface area (Å²) in [5.41, 5.74) is 5.01. The summed E-state index contributed by atoms with van der Waals surface area (Å²) in [7, 11) is 2.55. The highest BCUT2D eigenvalue weighted by molar-refractivity contribution is 9.10. The SMILES string of the molecule is C#C[C@@H]1CC[C@@H](c2nc3c(cc(Cl)c4cc(-c5ccc(-c6nc([C@@H]7C[C@H]8C[C@H]8N7C(=O)[C@@H](NC(=O)OC)C(C)C)[nH]c6Br)cc5)ccc43)[nH]2)N1C(=O)[C@@H](NC(=O)OC)C(C)C. The van der Waals surface area contributed by atoms with Crippen LogP contribution < -0.4 is 10.6 Å². The minimum Gasteiger partial charge on any atom is -0.453 e. The molecule has 0 unspecified atom stereocenters. The largest absolute Gasteiger partial charge is 0.453 e. The first kappa shape index (κ1) is 42.1. The van der Waals surface area contributed by atoms with Crippen LogP contribution in [0.25, 0.3) is 44.2 Å². The van der Waals surface area contributed by atoms with Crippen LogP contribution in [0.4, 0.5) is 9.59 Å². The topological polar surface area (TPSA) is 175 Å². The fraction of sp³-hybridized carbons (Fsp3) is 0.422. The molecule has 4 N–H and O–H groups in total. The zero-order chi connectivity index (χ0) is 43.4. The van der Waals surface area contributed by atoms with E-state index in [1.165, 1.54) is 14.2 Å². The Kier molecular flexibility index (Phi) is 11.5. The van der Waals surface area contributed by atoms with E-state index in [0.717, 1.165) is 57.0 Å². The van der Waals surface area contributed by atoms with Crippen LogP contribution in [-0.4, -0.2) is 92.1 Å². The maximum absolute atomic E-state index is 14.0. The van der Waals surface area contributed by atoms with Gasteiger partial charge in [0.1, 0.15) is 34.0 Å². The van der Waals surface area contributed by atoms with E-state index in [1.807, 2.05) is 81.1 Å². The van der Waals surface area contributed by atoms with Gasteiger partial charge in [0.25, 0.3) is 0 Å². The molecule has 2 saturated heterocycles. The van der Waals surface area contributed by atoms with E-state index in [0.29, 0.717) is 40.0 Å². The van der Waals surface area contributed by atoms with E-state index < -0.39 is 36.4 Å². The number of H-pyrrole nitrogens is 2. The van der Waals surface area contributed by atoms with Crippen molar-refractivity contribution in [3.8, 4) is 34.7 Å². The molecule has 318 valence electrons. The smallest absolute Gasteiger partial charge is 0.407 e. The second-order valence-corrected chi connectivity index (χ2v) is 18.0. The lowest BCUT2D eigenvalue weighted by atomic mass is 9.99. The zero-order valence-corrected chi connectivity index (χ0v) is 37.1. The van der Waals surface area contributed by atoms with Gasteiger partial charge in [-0.15, -0.1) is 6.42 Å². The van der Waals surface area contributed by atoms with Gasteiger partial charge in [-0.25, -0.2) is 19.6 Å². The quantitative estimate of drug-likeness (QED) is 0.101. The molecule has 2 aromatic heterocycles. The van der Waals surface area contributed by atoms with E-state index in [1.54, 1.807) is 4.90 Å². The second kappa shape index (κ2) is 16.7. The number of carbonyl (C=O) groups is 4. The summed E-state index contributed by atoms with van der Waals surface area (Å²) >= 11 is 10.6. The Morgan fingerprint density at radius 1 is 0.803 bits per heavy atom. The van der Waals surface area contributed by atoms with Crippen molar-refractivity contribution < 1.29 is 28.7 Å². The van der Waals surface area contributed by atoms with Gasteiger partial charge in [-0.1, -0.05) is 81.6 Å². The average Bonchev–Trinajstić information content (AvgIpc) is 3.63. The Labute approximate surface area is 367 Å². The third-order valence-corrected chi connectivity index (χ3v) is 13.2. The Hall–Kier alpha value is -5.59. The zero-order valence-electron chi connectivity index (χ0n) is 34.7. The van der Waals surface area contributed by atoms with Gasteiger partial charge < -0.3 is 39.9 Å². The second-order valence-electron chi connectivity index (χ2n) is 16.8. The van der Waals surface area contributed by atoms with E-state index in [2.05, 4.69) is 42.5 Å². The number of piperidine rings is 1. The summed E-state index contributed by atoms with van der Waals surface area (Å²) in [6.07, 6.45) is 7.53. The minimum absolute atomic E-state index is 0.127. The number of alkyl carbamates (subject to hydrolysis) is 2. The summed E-state index contributed by atoms with van der Waals surface area (Å²) in [6.45, 7) is 7.53. The Morgan fingerprint density at radius 2 is 1.41 bits per heavy atom. The standard InChI is InChI=1S/C45H48BrClN8O6/c1-8-27-14-16-32(54(27)42(56)35(21(2)3)51-44(58)60-6)40-48-31-20-30(47)29-17-25(13-15-28(29)38(31)50-40)23-9-11-24(12-10-23)37-39(46)53-41(49-37)34-19-26-18-33(26)55(34)43(57)36(22(4)5)52-45(59)61-7/h1,9-13,15,17,20-22,26-27,32-36H,14,16,18-19H2,2-7H3,(H,48,50)(H,49,53)(H,51,58)(H,52,59)/t26-,27-,32+,33-,34+,35+,36+/m1/s1. The van der Waals surface area contributed by atoms with Crippen LogP contribution in [0.3, 0.4) is 0 Å². The molecular weight excluding hydrogens is 864 g/mol. The van der Waals surface area contributed by atoms with Crippen LogP contribution in [0.15, 0.2) is 53.1 Å². The number of methoxy groups -OCH3 is 2. The van der Waals surface area contributed by atoms with Gasteiger partial charge in [0.15, 0.2) is 0 Å². The van der Waals surface area contributed by atoms with Gasteiger partial charge in [-0.3, -0.25) is 9.59 Å². The molecule has 0 bridgehead atoms. The fourth-order valence-electron chi connectivity index (χ4n) is 9.03. The van der Waals surface area contributed by atoms with Crippen molar-refractivity contribution in [1.29, 1.82) is 0 Å². The van der Waals surface area contributed by atoms with E-state index in [9.17, 15) is 19.2 Å². The van der Waals surface area contributed by atoms with Crippen molar-refractivity contribution in [3.63, 3.8) is 0 Å². The average molecular weight is 912 g/mol. The molecule has 4 amide bonds. The van der Waals surface area contributed by atoms with Crippen LogP contribution in [-0.2, 0) is 19.1 Å². The number of hydrogen-bond acceptors (Lipinski definition) is 8. The number of halogens is 2. The van der Waals surface area contributed by atoms with Crippen LogP contribution in [0.5, 0.6) is 0 Å². The first-order chi connectivity index (χ1) is 29.2. The highest BCUT2D eigenvalue weighted by Crippen LogP contribution is 2.54. The first-order valence-corrected chi connectivity index (χ1v) is 21.7. The van der Waals surface area contributed by atoms with Crippen LogP contribution >= 0.6 is 27.5 Å². The molecule has 0 spiro atoms. The van der Waals surface area contributed by atoms with Crippen LogP contribution in [0.2, 0.25) is 5.02 Å². The van der Waals surface area contributed by atoms with E-state index in [4.69, 9.17) is 37.5 Å². The number of nitrogens with zero attached hydrogens (tertiary/aromatic N) is 4. The van der Waals surface area contributed by atoms with Gasteiger partial charge in [0.05, 0.1) is 48.4 Å². The molecular formula is C45H48BrClN8O6. The normalized spacial score (nSPS) is 21.7. The van der Waals surface area contributed by atoms with Crippen LogP contribution in [0.1, 0.15) is 77.1 Å². The molecule has 0 radical (unpaired) electrons. The monoisotopic (exact) mass is 910 g/mol. The predicted molar refractivity (Wildman–Crippen MR) is 235 cm³/mol. The summed E-state index contributed by atoms with van der Waals surface area (Å²) < 4.78 is 10.3. The van der Waals surface area contributed by atoms with Crippen molar-refractivity contribution in [3.05, 3.63) is 69.8 Å². The predicted octanol–water partition coefficient (Wildman–Crippen LogP) is 8.28. The molecule has 2 aliphatic heterocycles. The molecule has 4 heterocycles. The lowest BCUT2D eigenvalue weighted by Gasteiger charge is -2.32. The number of nitrogens with one attached hydrogen (secondary N) is 4. The Bertz CT molecular complexity index is 2580. The minimum atomic E-state index is -0.832. The van der Waals surface area contributed by atoms with Gasteiger partial charge in [0, 0.05) is 22.4 Å². The number of terminal acetylenes is 1. The number of aromatic amines is 2. The number of fused-ring (bicyclic) bond motifs is 4. The molecule has 3 fully saturated rings. The molecule has 1 aliphatic carbocycles. The highest BCUT2D eigenvalue weighted by Gasteiger charge is 2.56. The summed E-state index contributed by atoms with van der Waals surface area (Å²) in [5.74, 6) is 3.70. The number of carbonyl (C=O) groups excluding carboxylic acids is 4. The van der Waals surface area contributed by atoms with E-state index >= 15 is 0 Å². The van der Waals surface area contributed by atoms with Crippen molar-refractivity contribution in [2.24, 2.45) is 17.8 Å². The summed E-state index contributed by atoms with van der Waals surface area (Å²) in [6, 6.07) is 13.5. The third-order valence-electron chi connectivity index (χ3n) is 12.3. The first-order valence-electron chi connectivity index (χ1n) is 20.5. The molecule has 3 aromatic carbocycles. The van der Waals surface area contributed by atoms with Gasteiger partial charge >= 0.3 is 12.2 Å². The fourth-order valence-corrected chi connectivity index (χ4v) is 9.82. The lowest BCUT2D eigenvalue weighted by Crippen LogP contribution is -2.52. The van der Waals surface area contributed by atoms with Crippen molar-refractivity contribution >= 4 is 73.3 Å². The number of amides is 4. The molecule has 14 nitrogen and oxygen atoms in total. The van der Waals surface area contributed by atoms with Gasteiger partial charge in [0.2, 0.25) is 11.8 Å². The molecule has 3 aliphatic rings. The molecule has 5 aromatic rings. The molecule has 61 heavy (non-hydrogen) atoms. The maximum atomic E-state index is 14.0. The molecule has 16 heteroatoms. The molecule has 8 rings (SSSR count). The molecule has 7 atom stereocenters. The number of imidazole rings is 2. The number of hydrogen-bond donors (Lipinski definition) is 4. The number of likely N-dealkylation sites (tertiary alicyclic amines) is 2. The van der Waals surface area contributed by atoms with Crippen molar-refractivity contribution in [2.75, 3.05) is 14.2 Å². The third kappa shape index (κ3) is 7.80. The van der Waals surface area contributed by atoms with Crippen molar-refractivity contribution in [2.45, 2.75) is 89.6 Å². The number of rotatable bonds is 10. The van der Waals surface area contributed by atoms with E-state index in [-0.39, 0.29) is 35.7 Å². The number of ether oxygens (including phenoxy) is 2. The maximum Gasteiger partial charge on any atom is 0.407 e. The van der Waals surface area contributed by atoms with Gasteiger partial charge in [-0.05, 0) is 82.6 Å². The van der Waals surface area contributed by atoms with Gasteiger partial charge in [-0.2, -0.15) is 0 Å². The number of aromatic nitrogens is 4. The summed E-state index contributed by atoms with van der Waals surface area (Å²) in [5, 5.41) is 7.64. The highest BCUT2D eigenvalue weighted by atomic mass is 79.9. The Balaban J connectivity index is 1.04. The van der Waals surface area contributed by atoms with Crippen LogP contribution in [0, 0.1) is 30.1 Å². The molecule has 1 saturated carbocycles. The summed E-state index contributed by atoms with van der Waals surface area (Å²) in [4.78, 5) is 72.6.